The molecule has 17 heavy (non-hydrogen) atoms. The Kier molecular flexibility index (Phi) is 5.75. The van der Waals surface area contributed by atoms with Crippen molar-refractivity contribution in [1.82, 2.24) is 4.90 Å². The van der Waals surface area contributed by atoms with Crippen molar-refractivity contribution in [1.29, 1.82) is 0 Å². The third-order valence-electron chi connectivity index (χ3n) is 2.76. The van der Waals surface area contributed by atoms with Gasteiger partial charge >= 0.3 is 0 Å². The molecule has 4 heteroatoms. The molecule has 2 N–H and O–H groups in total. The largest absolute Gasteiger partial charge is 0.496 e. The summed E-state index contributed by atoms with van der Waals surface area (Å²) in [6.07, 6.45) is 0. The summed E-state index contributed by atoms with van der Waals surface area (Å²) in [5.41, 5.74) is 6.72. The number of nitrogens with two attached hydrogens (primary N) is 1. The number of benzene rings is 1. The van der Waals surface area contributed by atoms with E-state index in [0.717, 1.165) is 29.4 Å². The van der Waals surface area contributed by atoms with Gasteiger partial charge in [-0.05, 0) is 32.0 Å². The Bertz CT molecular complexity index is 355. The van der Waals surface area contributed by atoms with E-state index in [1.54, 1.807) is 7.11 Å². The van der Waals surface area contributed by atoms with Crippen molar-refractivity contribution >= 4 is 11.6 Å². The van der Waals surface area contributed by atoms with Gasteiger partial charge in [-0.25, -0.2) is 0 Å². The maximum Gasteiger partial charge on any atom is 0.123 e. The van der Waals surface area contributed by atoms with E-state index in [1.165, 1.54) is 0 Å². The van der Waals surface area contributed by atoms with Gasteiger partial charge in [0, 0.05) is 36.3 Å². The fraction of sp³-hybridized carbons (Fsp3) is 0.538. The second kappa shape index (κ2) is 6.84. The Balaban J connectivity index is 2.87. The van der Waals surface area contributed by atoms with Crippen LogP contribution in [0.2, 0.25) is 5.02 Å². The van der Waals surface area contributed by atoms with Crippen LogP contribution in [0.5, 0.6) is 5.75 Å². The lowest BCUT2D eigenvalue weighted by molar-refractivity contribution is 0.216. The molecule has 0 bridgehead atoms. The van der Waals surface area contributed by atoms with E-state index >= 15 is 0 Å². The van der Waals surface area contributed by atoms with E-state index in [0.29, 0.717) is 12.6 Å². The van der Waals surface area contributed by atoms with Crippen molar-refractivity contribution in [2.45, 2.75) is 26.4 Å². The Labute approximate surface area is 109 Å². The molecular weight excluding hydrogens is 236 g/mol. The highest BCUT2D eigenvalue weighted by Gasteiger charge is 2.12. The summed E-state index contributed by atoms with van der Waals surface area (Å²) in [6.45, 7) is 6.65. The highest BCUT2D eigenvalue weighted by Crippen LogP contribution is 2.24. The van der Waals surface area contributed by atoms with Gasteiger partial charge in [-0.3, -0.25) is 4.90 Å². The van der Waals surface area contributed by atoms with E-state index in [2.05, 4.69) is 18.7 Å². The zero-order valence-electron chi connectivity index (χ0n) is 10.7. The minimum absolute atomic E-state index is 0.447. The van der Waals surface area contributed by atoms with E-state index in [9.17, 15) is 0 Å². The first-order chi connectivity index (χ1) is 8.08. The molecule has 0 spiro atoms. The minimum atomic E-state index is 0.447. The van der Waals surface area contributed by atoms with Crippen LogP contribution in [-0.2, 0) is 6.54 Å². The second-order valence-corrected chi connectivity index (χ2v) is 4.75. The first-order valence-corrected chi connectivity index (χ1v) is 6.22. The Hall–Kier alpha value is -0.770. The Morgan fingerprint density at radius 2 is 2.12 bits per heavy atom. The van der Waals surface area contributed by atoms with Gasteiger partial charge < -0.3 is 10.5 Å². The summed E-state index contributed by atoms with van der Waals surface area (Å²) in [6, 6.07) is 6.14. The lowest BCUT2D eigenvalue weighted by Crippen LogP contribution is -2.34. The number of hydrogen-bond acceptors (Lipinski definition) is 3. The molecule has 1 aromatic carbocycles. The summed E-state index contributed by atoms with van der Waals surface area (Å²) in [5, 5.41) is 0.734. The highest BCUT2D eigenvalue weighted by molar-refractivity contribution is 6.30. The molecule has 0 aliphatic rings. The number of methoxy groups -OCH3 is 1. The predicted octanol–water partition coefficient (Wildman–Crippen LogP) is 2.52. The molecule has 0 amide bonds. The number of ether oxygens (including phenoxy) is 1. The van der Waals surface area contributed by atoms with Gasteiger partial charge in [0.2, 0.25) is 0 Å². The highest BCUT2D eigenvalue weighted by atomic mass is 35.5. The van der Waals surface area contributed by atoms with E-state index in [1.807, 2.05) is 18.2 Å². The quantitative estimate of drug-likeness (QED) is 0.850. The van der Waals surface area contributed by atoms with Crippen molar-refractivity contribution in [3.8, 4) is 5.75 Å². The molecule has 0 aliphatic heterocycles. The van der Waals surface area contributed by atoms with Crippen molar-refractivity contribution in [3.63, 3.8) is 0 Å². The number of halogens is 1. The van der Waals surface area contributed by atoms with Crippen molar-refractivity contribution < 1.29 is 4.74 Å². The van der Waals surface area contributed by atoms with Gasteiger partial charge in [-0.2, -0.15) is 0 Å². The lowest BCUT2D eigenvalue weighted by atomic mass is 10.1. The van der Waals surface area contributed by atoms with Crippen molar-refractivity contribution in [2.75, 3.05) is 20.2 Å². The number of hydrogen-bond donors (Lipinski definition) is 1. The van der Waals surface area contributed by atoms with Crippen molar-refractivity contribution in [2.24, 2.45) is 5.73 Å². The molecule has 0 fully saturated rings. The monoisotopic (exact) mass is 256 g/mol. The first-order valence-electron chi connectivity index (χ1n) is 5.85. The Morgan fingerprint density at radius 3 is 2.65 bits per heavy atom. The fourth-order valence-corrected chi connectivity index (χ4v) is 1.97. The molecule has 0 saturated heterocycles. The van der Waals surface area contributed by atoms with E-state index in [-0.39, 0.29) is 0 Å². The van der Waals surface area contributed by atoms with Crippen LogP contribution in [0.3, 0.4) is 0 Å². The molecule has 96 valence electrons. The summed E-state index contributed by atoms with van der Waals surface area (Å²) in [7, 11) is 1.68. The molecular formula is C13H21ClN2O. The first kappa shape index (κ1) is 14.3. The van der Waals surface area contributed by atoms with Gasteiger partial charge in [-0.15, -0.1) is 0 Å². The molecule has 0 saturated carbocycles. The SMILES string of the molecule is COc1ccc(Cl)cc1CN(CCN)C(C)C. The van der Waals surface area contributed by atoms with Gasteiger partial charge in [0.25, 0.3) is 0 Å². The van der Waals surface area contributed by atoms with Gasteiger partial charge in [0.1, 0.15) is 5.75 Å². The average molecular weight is 257 g/mol. The molecule has 0 unspecified atom stereocenters. The minimum Gasteiger partial charge on any atom is -0.496 e. The van der Waals surface area contributed by atoms with Crippen LogP contribution in [0, 0.1) is 0 Å². The summed E-state index contributed by atoms with van der Waals surface area (Å²) in [5.74, 6) is 0.872. The topological polar surface area (TPSA) is 38.5 Å². The van der Waals surface area contributed by atoms with E-state index < -0.39 is 0 Å². The lowest BCUT2D eigenvalue weighted by Gasteiger charge is -2.26. The normalized spacial score (nSPS) is 11.2. The van der Waals surface area contributed by atoms with Crippen LogP contribution in [0.1, 0.15) is 19.4 Å². The summed E-state index contributed by atoms with van der Waals surface area (Å²) >= 11 is 6.02. The van der Waals surface area contributed by atoms with Crippen LogP contribution >= 0.6 is 11.6 Å². The third kappa shape index (κ3) is 4.19. The molecule has 0 atom stereocenters. The fourth-order valence-electron chi connectivity index (χ4n) is 1.78. The molecule has 1 aromatic rings. The summed E-state index contributed by atoms with van der Waals surface area (Å²) < 4.78 is 5.34. The molecule has 0 aromatic heterocycles. The van der Waals surface area contributed by atoms with Gasteiger partial charge in [-0.1, -0.05) is 11.6 Å². The van der Waals surface area contributed by atoms with Gasteiger partial charge in [0.05, 0.1) is 7.11 Å². The number of nitrogens with zero attached hydrogens (tertiary/aromatic N) is 1. The average Bonchev–Trinajstić information content (AvgIpc) is 2.28. The second-order valence-electron chi connectivity index (χ2n) is 4.31. The molecule has 1 rings (SSSR count). The van der Waals surface area contributed by atoms with Crippen molar-refractivity contribution in [3.05, 3.63) is 28.8 Å². The Morgan fingerprint density at radius 1 is 1.41 bits per heavy atom. The van der Waals surface area contributed by atoms with Gasteiger partial charge in [0.15, 0.2) is 0 Å². The third-order valence-corrected chi connectivity index (χ3v) is 3.00. The van der Waals surface area contributed by atoms with Crippen LogP contribution in [0.25, 0.3) is 0 Å². The molecule has 0 heterocycles. The maximum absolute atomic E-state index is 6.02. The molecule has 0 aliphatic carbocycles. The molecule has 0 radical (unpaired) electrons. The van der Waals surface area contributed by atoms with Crippen LogP contribution in [0.15, 0.2) is 18.2 Å². The predicted molar refractivity (Wildman–Crippen MR) is 72.6 cm³/mol. The summed E-state index contributed by atoms with van der Waals surface area (Å²) in [4.78, 5) is 2.30. The standard InChI is InChI=1S/C13H21ClN2O/c1-10(2)16(7-6-15)9-11-8-12(14)4-5-13(11)17-3/h4-5,8,10H,6-7,9,15H2,1-3H3. The van der Waals surface area contributed by atoms with Crippen LogP contribution < -0.4 is 10.5 Å². The molecule has 3 nitrogen and oxygen atoms in total. The van der Waals surface area contributed by atoms with Crippen LogP contribution in [-0.4, -0.2) is 31.1 Å². The zero-order chi connectivity index (χ0) is 12.8. The van der Waals surface area contributed by atoms with E-state index in [4.69, 9.17) is 22.1 Å². The number of rotatable bonds is 6. The zero-order valence-corrected chi connectivity index (χ0v) is 11.5. The van der Waals surface area contributed by atoms with Crippen LogP contribution in [0.4, 0.5) is 0 Å². The smallest absolute Gasteiger partial charge is 0.123 e. The maximum atomic E-state index is 6.02.